The molecule has 26 heavy (non-hydrogen) atoms. The molecule has 1 aromatic carbocycles. The average Bonchev–Trinajstić information content (AvgIpc) is 2.92. The molecule has 1 unspecified atom stereocenters. The van der Waals surface area contributed by atoms with Gasteiger partial charge in [0.2, 0.25) is 0 Å². The van der Waals surface area contributed by atoms with E-state index in [1.807, 2.05) is 12.1 Å². The third kappa shape index (κ3) is 2.54. The van der Waals surface area contributed by atoms with Crippen molar-refractivity contribution in [3.8, 4) is 22.8 Å². The molecule has 1 atom stereocenters. The number of hydrogen-bond donors (Lipinski definition) is 1. The fourth-order valence-corrected chi connectivity index (χ4v) is 3.98. The van der Waals surface area contributed by atoms with E-state index in [1.54, 1.807) is 14.2 Å². The van der Waals surface area contributed by atoms with Crippen LogP contribution in [-0.2, 0) is 0 Å². The Morgan fingerprint density at radius 1 is 1.12 bits per heavy atom. The lowest BCUT2D eigenvalue weighted by Crippen LogP contribution is -2.45. The lowest BCUT2D eigenvalue weighted by molar-refractivity contribution is 0.311. The summed E-state index contributed by atoms with van der Waals surface area (Å²) in [5.74, 6) is 2.28. The third-order valence-electron chi connectivity index (χ3n) is 5.48. The van der Waals surface area contributed by atoms with Crippen LogP contribution in [-0.4, -0.2) is 62.3 Å². The molecule has 1 saturated heterocycles. The molecule has 138 valence electrons. The molecule has 4 rings (SSSR count). The lowest BCUT2D eigenvalue weighted by atomic mass is 9.99. The van der Waals surface area contributed by atoms with Crippen LogP contribution in [0.3, 0.4) is 0 Å². The predicted octanol–water partition coefficient (Wildman–Crippen LogP) is 1.67. The van der Waals surface area contributed by atoms with Crippen LogP contribution < -0.4 is 20.1 Å². The Balaban J connectivity index is 1.87. The standard InChI is InChI=1S/C19H24N4O3/c1-11-12-9-14(25-3)15(26-4)10-13(12)17-16(11)18(21-19(24)20-17)23-7-5-22(2)6-8-23/h9-11H,5-8H2,1-4H3,(H,20,21,24). The summed E-state index contributed by atoms with van der Waals surface area (Å²) in [6.45, 7) is 5.82. The van der Waals surface area contributed by atoms with Crippen molar-refractivity contribution in [3.05, 3.63) is 33.7 Å². The number of ether oxygens (including phenoxy) is 2. The second-order valence-electron chi connectivity index (χ2n) is 6.96. The highest BCUT2D eigenvalue weighted by Crippen LogP contribution is 2.49. The Morgan fingerprint density at radius 2 is 1.77 bits per heavy atom. The maximum atomic E-state index is 12.3. The van der Waals surface area contributed by atoms with Crippen LogP contribution in [0.2, 0.25) is 0 Å². The van der Waals surface area contributed by atoms with Crippen molar-refractivity contribution in [2.24, 2.45) is 0 Å². The van der Waals surface area contributed by atoms with E-state index in [2.05, 4.69) is 33.7 Å². The van der Waals surface area contributed by atoms with E-state index < -0.39 is 0 Å². The molecule has 0 saturated carbocycles. The highest BCUT2D eigenvalue weighted by molar-refractivity contribution is 5.82. The maximum absolute atomic E-state index is 12.3. The Morgan fingerprint density at radius 3 is 2.42 bits per heavy atom. The number of aromatic nitrogens is 2. The predicted molar refractivity (Wildman–Crippen MR) is 101 cm³/mol. The van der Waals surface area contributed by atoms with Gasteiger partial charge in [0.1, 0.15) is 5.82 Å². The van der Waals surface area contributed by atoms with Gasteiger partial charge in [-0.25, -0.2) is 4.79 Å². The number of piperazine rings is 1. The number of benzene rings is 1. The monoisotopic (exact) mass is 356 g/mol. The van der Waals surface area contributed by atoms with Gasteiger partial charge < -0.3 is 24.3 Å². The van der Waals surface area contributed by atoms with E-state index in [0.717, 1.165) is 54.4 Å². The topological polar surface area (TPSA) is 70.7 Å². The summed E-state index contributed by atoms with van der Waals surface area (Å²) in [5, 5.41) is 0. The second-order valence-corrected chi connectivity index (χ2v) is 6.96. The summed E-state index contributed by atoms with van der Waals surface area (Å²) in [6, 6.07) is 3.95. The molecule has 1 fully saturated rings. The first-order valence-corrected chi connectivity index (χ1v) is 8.87. The minimum Gasteiger partial charge on any atom is -0.493 e. The van der Waals surface area contributed by atoms with Crippen LogP contribution >= 0.6 is 0 Å². The van der Waals surface area contributed by atoms with Gasteiger partial charge in [-0.1, -0.05) is 6.92 Å². The first-order chi connectivity index (χ1) is 12.5. The van der Waals surface area contributed by atoms with Gasteiger partial charge in [-0.3, -0.25) is 0 Å². The summed E-state index contributed by atoms with van der Waals surface area (Å²) >= 11 is 0. The summed E-state index contributed by atoms with van der Waals surface area (Å²) in [6.07, 6.45) is 0. The molecule has 0 amide bonds. The highest BCUT2D eigenvalue weighted by atomic mass is 16.5. The molecule has 7 nitrogen and oxygen atoms in total. The van der Waals surface area contributed by atoms with Crippen LogP contribution in [0.5, 0.6) is 11.5 Å². The molecule has 1 aliphatic heterocycles. The Kier molecular flexibility index (Phi) is 4.11. The number of H-pyrrole nitrogens is 1. The van der Waals surface area contributed by atoms with E-state index in [4.69, 9.17) is 9.47 Å². The van der Waals surface area contributed by atoms with Crippen molar-refractivity contribution in [1.29, 1.82) is 0 Å². The number of likely N-dealkylation sites (N-methyl/N-ethyl adjacent to an activating group) is 1. The zero-order valence-electron chi connectivity index (χ0n) is 15.6. The third-order valence-corrected chi connectivity index (χ3v) is 5.48. The molecule has 2 aliphatic rings. The molecule has 1 N–H and O–H groups in total. The van der Waals surface area contributed by atoms with Crippen molar-refractivity contribution >= 4 is 5.82 Å². The second kappa shape index (κ2) is 6.32. The molecule has 0 bridgehead atoms. The van der Waals surface area contributed by atoms with E-state index in [-0.39, 0.29) is 11.6 Å². The summed E-state index contributed by atoms with van der Waals surface area (Å²) in [4.78, 5) is 24.1. The maximum Gasteiger partial charge on any atom is 0.347 e. The van der Waals surface area contributed by atoms with Crippen molar-refractivity contribution in [1.82, 2.24) is 14.9 Å². The van der Waals surface area contributed by atoms with Crippen LogP contribution in [0.25, 0.3) is 11.3 Å². The largest absolute Gasteiger partial charge is 0.493 e. The number of nitrogens with one attached hydrogen (secondary N) is 1. The first-order valence-electron chi connectivity index (χ1n) is 8.87. The molecule has 0 spiro atoms. The molecule has 1 aromatic heterocycles. The molecule has 7 heteroatoms. The summed E-state index contributed by atoms with van der Waals surface area (Å²) in [7, 11) is 5.37. The molecule has 1 aliphatic carbocycles. The van der Waals surface area contributed by atoms with Gasteiger partial charge in [0.25, 0.3) is 0 Å². The molecule has 2 heterocycles. The van der Waals surface area contributed by atoms with Gasteiger partial charge in [-0.15, -0.1) is 0 Å². The summed E-state index contributed by atoms with van der Waals surface area (Å²) < 4.78 is 10.9. The van der Waals surface area contributed by atoms with Gasteiger partial charge in [0.05, 0.1) is 19.9 Å². The lowest BCUT2D eigenvalue weighted by Gasteiger charge is -2.34. The zero-order valence-corrected chi connectivity index (χ0v) is 15.6. The average molecular weight is 356 g/mol. The number of methoxy groups -OCH3 is 2. The minimum absolute atomic E-state index is 0.124. The minimum atomic E-state index is -0.312. The van der Waals surface area contributed by atoms with Gasteiger partial charge >= 0.3 is 5.69 Å². The zero-order chi connectivity index (χ0) is 18.4. The quantitative estimate of drug-likeness (QED) is 0.902. The Bertz CT molecular complexity index is 900. The van der Waals surface area contributed by atoms with Crippen molar-refractivity contribution in [2.45, 2.75) is 12.8 Å². The van der Waals surface area contributed by atoms with Crippen LogP contribution in [0.1, 0.15) is 24.0 Å². The number of rotatable bonds is 3. The fourth-order valence-electron chi connectivity index (χ4n) is 3.98. The van der Waals surface area contributed by atoms with E-state index in [0.29, 0.717) is 11.5 Å². The number of fused-ring (bicyclic) bond motifs is 3. The number of hydrogen-bond acceptors (Lipinski definition) is 6. The van der Waals surface area contributed by atoms with E-state index in [1.165, 1.54) is 0 Å². The fraction of sp³-hybridized carbons (Fsp3) is 0.474. The van der Waals surface area contributed by atoms with Gasteiger partial charge in [0.15, 0.2) is 11.5 Å². The smallest absolute Gasteiger partial charge is 0.347 e. The number of aromatic amines is 1. The SMILES string of the molecule is COc1cc2c(cc1OC)C(C)c1c(N3CCN(C)CC3)nc(=O)[nH]c1-2. The molecular formula is C19H24N4O3. The van der Waals surface area contributed by atoms with E-state index >= 15 is 0 Å². The Hall–Kier alpha value is -2.54. The molecule has 0 radical (unpaired) electrons. The normalized spacial score (nSPS) is 19.2. The van der Waals surface area contributed by atoms with Crippen molar-refractivity contribution in [3.63, 3.8) is 0 Å². The van der Waals surface area contributed by atoms with Crippen molar-refractivity contribution in [2.75, 3.05) is 52.3 Å². The van der Waals surface area contributed by atoms with Crippen LogP contribution in [0, 0.1) is 0 Å². The van der Waals surface area contributed by atoms with Crippen LogP contribution in [0.4, 0.5) is 5.82 Å². The van der Waals surface area contributed by atoms with E-state index in [9.17, 15) is 4.79 Å². The van der Waals surface area contributed by atoms with Gasteiger partial charge in [0, 0.05) is 43.2 Å². The highest BCUT2D eigenvalue weighted by Gasteiger charge is 2.34. The molecule has 2 aromatic rings. The first kappa shape index (κ1) is 16.9. The molecular weight excluding hydrogens is 332 g/mol. The number of nitrogens with zero attached hydrogens (tertiary/aromatic N) is 3. The number of anilines is 1. The van der Waals surface area contributed by atoms with Gasteiger partial charge in [-0.2, -0.15) is 4.98 Å². The van der Waals surface area contributed by atoms with Crippen molar-refractivity contribution < 1.29 is 9.47 Å². The summed E-state index contributed by atoms with van der Waals surface area (Å²) in [5.41, 5.74) is 3.73. The van der Waals surface area contributed by atoms with Crippen LogP contribution in [0.15, 0.2) is 16.9 Å². The Labute approximate surface area is 152 Å². The van der Waals surface area contributed by atoms with Gasteiger partial charge in [-0.05, 0) is 24.7 Å².